The number of rotatable bonds is 2. The van der Waals surface area contributed by atoms with Gasteiger partial charge in [-0.15, -0.1) is 0 Å². The summed E-state index contributed by atoms with van der Waals surface area (Å²) in [6.45, 7) is 6.73. The summed E-state index contributed by atoms with van der Waals surface area (Å²) in [6, 6.07) is 14.8. The zero-order valence-corrected chi connectivity index (χ0v) is 11.1. The van der Waals surface area contributed by atoms with Gasteiger partial charge >= 0.3 is 0 Å². The third-order valence-electron chi connectivity index (χ3n) is 2.41. The van der Waals surface area contributed by atoms with E-state index in [0.29, 0.717) is 0 Å². The first kappa shape index (κ1) is 11.1. The van der Waals surface area contributed by atoms with Crippen molar-refractivity contribution in [2.24, 2.45) is 4.66 Å². The lowest BCUT2D eigenvalue weighted by Crippen LogP contribution is -2.16. The number of fused-ring (bicyclic) bond motifs is 1. The Kier molecular flexibility index (Phi) is 2.92. The average Bonchev–Trinajstić information content (AvgIpc) is 2.25. The van der Waals surface area contributed by atoms with E-state index < -0.39 is 8.24 Å². The van der Waals surface area contributed by atoms with Crippen LogP contribution >= 0.6 is 0 Å². The van der Waals surface area contributed by atoms with Gasteiger partial charge in [-0.1, -0.05) is 42.5 Å². The van der Waals surface area contributed by atoms with Crippen molar-refractivity contribution >= 4 is 25.2 Å². The minimum Gasteiger partial charge on any atom is -0.329 e. The molecule has 0 atom stereocenters. The Morgan fingerprint density at radius 3 is 2.38 bits per heavy atom. The monoisotopic (exact) mass is 227 g/mol. The van der Waals surface area contributed by atoms with Crippen LogP contribution in [0.25, 0.3) is 10.8 Å². The van der Waals surface area contributed by atoms with Crippen molar-refractivity contribution in [3.63, 3.8) is 0 Å². The summed E-state index contributed by atoms with van der Waals surface area (Å²) in [5, 5.41) is 2.56. The van der Waals surface area contributed by atoms with Crippen molar-refractivity contribution in [1.29, 1.82) is 0 Å². The van der Waals surface area contributed by atoms with Gasteiger partial charge in [-0.3, -0.25) is 0 Å². The lowest BCUT2D eigenvalue weighted by Gasteiger charge is -2.08. The van der Waals surface area contributed by atoms with Crippen molar-refractivity contribution in [1.82, 2.24) is 0 Å². The molecular formula is C14H17NSi. The number of nitrogens with zero attached hydrogens (tertiary/aromatic N) is 1. The van der Waals surface area contributed by atoms with E-state index in [-0.39, 0.29) is 0 Å². The maximum absolute atomic E-state index is 4.69. The van der Waals surface area contributed by atoms with Crippen molar-refractivity contribution in [2.75, 3.05) is 0 Å². The Bertz CT molecular complexity index is 518. The SMILES string of the molecule is C[Si](C)(C)/N=C/c1cccc2ccccc12. The molecule has 2 rings (SSSR count). The Labute approximate surface area is 97.9 Å². The van der Waals surface area contributed by atoms with Crippen LogP contribution in [-0.4, -0.2) is 14.5 Å². The minimum atomic E-state index is -1.36. The van der Waals surface area contributed by atoms with Gasteiger partial charge in [0, 0.05) is 6.21 Å². The van der Waals surface area contributed by atoms with Crippen LogP contribution in [-0.2, 0) is 0 Å². The zero-order valence-electron chi connectivity index (χ0n) is 10.1. The number of hydrogen-bond donors (Lipinski definition) is 0. The van der Waals surface area contributed by atoms with Gasteiger partial charge in [-0.2, -0.15) is 0 Å². The Morgan fingerprint density at radius 1 is 0.938 bits per heavy atom. The normalized spacial score (nSPS) is 12.4. The highest BCUT2D eigenvalue weighted by atomic mass is 28.3. The molecule has 2 aromatic rings. The first-order valence-electron chi connectivity index (χ1n) is 5.59. The molecule has 0 fully saturated rings. The molecule has 0 heterocycles. The Hall–Kier alpha value is -1.41. The fourth-order valence-electron chi connectivity index (χ4n) is 1.63. The molecule has 82 valence electrons. The quantitative estimate of drug-likeness (QED) is 0.541. The second-order valence-electron chi connectivity index (χ2n) is 5.00. The number of benzene rings is 2. The van der Waals surface area contributed by atoms with Crippen LogP contribution in [0.15, 0.2) is 47.1 Å². The van der Waals surface area contributed by atoms with Gasteiger partial charge in [0.05, 0.1) is 0 Å². The highest BCUT2D eigenvalue weighted by molar-refractivity contribution is 6.75. The van der Waals surface area contributed by atoms with Crippen LogP contribution < -0.4 is 0 Å². The highest BCUT2D eigenvalue weighted by Gasteiger charge is 2.09. The molecule has 0 saturated heterocycles. The van der Waals surface area contributed by atoms with Crippen LogP contribution in [0, 0.1) is 0 Å². The standard InChI is InChI=1S/C14H17NSi/c1-16(2,3)15-11-13-9-6-8-12-7-4-5-10-14(12)13/h4-11H,1-3H3/b15-11+. The summed E-state index contributed by atoms with van der Waals surface area (Å²) in [5.74, 6) is 0. The van der Waals surface area contributed by atoms with Crippen molar-refractivity contribution < 1.29 is 0 Å². The van der Waals surface area contributed by atoms with Gasteiger partial charge in [-0.25, -0.2) is 0 Å². The summed E-state index contributed by atoms with van der Waals surface area (Å²) < 4.78 is 4.69. The largest absolute Gasteiger partial charge is 0.329 e. The summed E-state index contributed by atoms with van der Waals surface area (Å²) in [4.78, 5) is 0. The van der Waals surface area contributed by atoms with Crippen molar-refractivity contribution in [3.8, 4) is 0 Å². The first-order valence-corrected chi connectivity index (χ1v) is 9.04. The van der Waals surface area contributed by atoms with E-state index in [1.165, 1.54) is 16.3 Å². The maximum Gasteiger partial charge on any atom is 0.172 e. The number of hydrogen-bond acceptors (Lipinski definition) is 1. The average molecular weight is 227 g/mol. The van der Waals surface area contributed by atoms with Crippen LogP contribution in [0.3, 0.4) is 0 Å². The molecule has 0 aliphatic rings. The molecule has 0 saturated carbocycles. The third kappa shape index (κ3) is 2.58. The molecule has 0 spiro atoms. The van der Waals surface area contributed by atoms with E-state index in [0.717, 1.165) is 0 Å². The van der Waals surface area contributed by atoms with Crippen LogP contribution in [0.5, 0.6) is 0 Å². The lowest BCUT2D eigenvalue weighted by atomic mass is 10.1. The molecule has 0 radical (unpaired) electrons. The van der Waals surface area contributed by atoms with Gasteiger partial charge < -0.3 is 4.66 Å². The van der Waals surface area contributed by atoms with Gasteiger partial charge in [0.25, 0.3) is 0 Å². The molecular weight excluding hydrogens is 210 g/mol. The predicted octanol–water partition coefficient (Wildman–Crippen LogP) is 4.09. The summed E-state index contributed by atoms with van der Waals surface area (Å²) in [6.07, 6.45) is 2.04. The van der Waals surface area contributed by atoms with E-state index in [4.69, 9.17) is 4.66 Å². The predicted molar refractivity (Wildman–Crippen MR) is 74.9 cm³/mol. The summed E-state index contributed by atoms with van der Waals surface area (Å²) >= 11 is 0. The molecule has 16 heavy (non-hydrogen) atoms. The zero-order chi connectivity index (χ0) is 11.6. The molecule has 2 aromatic carbocycles. The molecule has 0 amide bonds. The summed E-state index contributed by atoms with van der Waals surface area (Å²) in [5.41, 5.74) is 1.22. The molecule has 0 bridgehead atoms. The molecule has 0 unspecified atom stereocenters. The fourth-order valence-corrected chi connectivity index (χ4v) is 2.15. The Balaban J connectivity index is 2.49. The second-order valence-corrected chi connectivity index (χ2v) is 9.60. The van der Waals surface area contributed by atoms with Crippen LogP contribution in [0.4, 0.5) is 0 Å². The third-order valence-corrected chi connectivity index (χ3v) is 3.32. The highest BCUT2D eigenvalue weighted by Crippen LogP contribution is 2.17. The molecule has 0 aliphatic carbocycles. The smallest absolute Gasteiger partial charge is 0.172 e. The van der Waals surface area contributed by atoms with Crippen LogP contribution in [0.1, 0.15) is 5.56 Å². The topological polar surface area (TPSA) is 12.4 Å². The lowest BCUT2D eigenvalue weighted by molar-refractivity contribution is 1.57. The van der Waals surface area contributed by atoms with E-state index in [1.54, 1.807) is 0 Å². The molecule has 2 heteroatoms. The minimum absolute atomic E-state index is 1.22. The van der Waals surface area contributed by atoms with Crippen LogP contribution in [0.2, 0.25) is 19.6 Å². The molecule has 0 aromatic heterocycles. The van der Waals surface area contributed by atoms with Gasteiger partial charge in [0.2, 0.25) is 0 Å². The second kappa shape index (κ2) is 4.22. The van der Waals surface area contributed by atoms with Crippen molar-refractivity contribution in [3.05, 3.63) is 48.0 Å². The van der Waals surface area contributed by atoms with Crippen molar-refractivity contribution in [2.45, 2.75) is 19.6 Å². The molecule has 0 N–H and O–H groups in total. The Morgan fingerprint density at radius 2 is 1.62 bits per heavy atom. The summed E-state index contributed by atoms with van der Waals surface area (Å²) in [7, 11) is -1.36. The molecule has 1 nitrogen and oxygen atoms in total. The fraction of sp³-hybridized carbons (Fsp3) is 0.214. The van der Waals surface area contributed by atoms with E-state index in [2.05, 4.69) is 62.1 Å². The van der Waals surface area contributed by atoms with Gasteiger partial charge in [0.15, 0.2) is 8.24 Å². The molecule has 0 aliphatic heterocycles. The van der Waals surface area contributed by atoms with E-state index >= 15 is 0 Å². The van der Waals surface area contributed by atoms with Gasteiger partial charge in [0.1, 0.15) is 0 Å². The first-order chi connectivity index (χ1) is 7.56. The van der Waals surface area contributed by atoms with Gasteiger partial charge in [-0.05, 0) is 36.0 Å². The maximum atomic E-state index is 4.69. The van der Waals surface area contributed by atoms with E-state index in [9.17, 15) is 0 Å². The van der Waals surface area contributed by atoms with E-state index in [1.807, 2.05) is 6.21 Å².